The fraction of sp³-hybridized carbons (Fsp3) is 0.438. The van der Waals surface area contributed by atoms with E-state index in [0.717, 1.165) is 12.5 Å². The van der Waals surface area contributed by atoms with Gasteiger partial charge in [0.15, 0.2) is 0 Å². The van der Waals surface area contributed by atoms with Crippen LogP contribution in [0.3, 0.4) is 0 Å². The number of carboxylic acid groups (broad SMARTS) is 1. The van der Waals surface area contributed by atoms with Crippen LogP contribution in [0.2, 0.25) is 5.02 Å². The molecule has 0 radical (unpaired) electrons. The highest BCUT2D eigenvalue weighted by Crippen LogP contribution is 2.24. The van der Waals surface area contributed by atoms with Crippen LogP contribution in [-0.4, -0.2) is 30.9 Å². The standard InChI is InChI=1S/C16H21ClO4/c1-12(2)7-8-20-9-10-21-15-5-4-14(17)11-13(15)3-6-16(18)19/h3-6,11-12H,7-10H2,1-2H3,(H,18,19). The molecule has 1 aromatic rings. The van der Waals surface area contributed by atoms with E-state index in [1.807, 2.05) is 0 Å². The van der Waals surface area contributed by atoms with Gasteiger partial charge in [-0.1, -0.05) is 25.4 Å². The van der Waals surface area contributed by atoms with Crippen molar-refractivity contribution in [1.29, 1.82) is 0 Å². The molecule has 0 fully saturated rings. The van der Waals surface area contributed by atoms with Gasteiger partial charge in [0.2, 0.25) is 0 Å². The van der Waals surface area contributed by atoms with Crippen molar-refractivity contribution in [3.05, 3.63) is 34.9 Å². The van der Waals surface area contributed by atoms with Gasteiger partial charge in [0.25, 0.3) is 0 Å². The molecule has 21 heavy (non-hydrogen) atoms. The molecule has 116 valence electrons. The molecule has 0 aliphatic rings. The Balaban J connectivity index is 2.48. The van der Waals surface area contributed by atoms with Crippen molar-refractivity contribution in [2.75, 3.05) is 19.8 Å². The Kier molecular flexibility index (Phi) is 7.87. The number of carbonyl (C=O) groups is 1. The van der Waals surface area contributed by atoms with Gasteiger partial charge in [-0.3, -0.25) is 0 Å². The van der Waals surface area contributed by atoms with Gasteiger partial charge in [0.05, 0.1) is 6.61 Å². The van der Waals surface area contributed by atoms with Crippen LogP contribution in [-0.2, 0) is 9.53 Å². The normalized spacial score (nSPS) is 11.2. The first kappa shape index (κ1) is 17.5. The Labute approximate surface area is 130 Å². The molecule has 5 heteroatoms. The lowest BCUT2D eigenvalue weighted by Gasteiger charge is -2.10. The molecule has 0 aliphatic heterocycles. The molecule has 0 bridgehead atoms. The van der Waals surface area contributed by atoms with E-state index in [1.165, 1.54) is 6.08 Å². The molecule has 0 saturated heterocycles. The topological polar surface area (TPSA) is 55.8 Å². The lowest BCUT2D eigenvalue weighted by atomic mass is 10.1. The minimum Gasteiger partial charge on any atom is -0.491 e. The molecule has 1 rings (SSSR count). The second kappa shape index (κ2) is 9.42. The maximum atomic E-state index is 10.6. The van der Waals surface area contributed by atoms with Gasteiger partial charge in [-0.2, -0.15) is 0 Å². The van der Waals surface area contributed by atoms with Crippen LogP contribution in [0.25, 0.3) is 6.08 Å². The maximum Gasteiger partial charge on any atom is 0.328 e. The summed E-state index contributed by atoms with van der Waals surface area (Å²) in [4.78, 5) is 10.6. The maximum absolute atomic E-state index is 10.6. The Morgan fingerprint density at radius 1 is 1.33 bits per heavy atom. The number of halogens is 1. The van der Waals surface area contributed by atoms with Crippen molar-refractivity contribution in [3.63, 3.8) is 0 Å². The summed E-state index contributed by atoms with van der Waals surface area (Å²) in [7, 11) is 0. The Bertz CT molecular complexity index is 483. The van der Waals surface area contributed by atoms with Crippen molar-refractivity contribution >= 4 is 23.6 Å². The van der Waals surface area contributed by atoms with E-state index < -0.39 is 5.97 Å². The number of rotatable bonds is 9. The SMILES string of the molecule is CC(C)CCOCCOc1ccc(Cl)cc1C=CC(=O)O. The molecular weight excluding hydrogens is 292 g/mol. The quantitative estimate of drug-likeness (QED) is 0.555. The average Bonchev–Trinajstić information content (AvgIpc) is 2.41. The third-order valence-corrected chi connectivity index (χ3v) is 2.94. The molecule has 0 aliphatic carbocycles. The monoisotopic (exact) mass is 312 g/mol. The lowest BCUT2D eigenvalue weighted by Crippen LogP contribution is -2.09. The zero-order valence-corrected chi connectivity index (χ0v) is 13.1. The number of hydrogen-bond acceptors (Lipinski definition) is 3. The van der Waals surface area contributed by atoms with Gasteiger partial charge in [-0.05, 0) is 36.6 Å². The first-order valence-electron chi connectivity index (χ1n) is 6.90. The van der Waals surface area contributed by atoms with E-state index in [-0.39, 0.29) is 0 Å². The lowest BCUT2D eigenvalue weighted by molar-refractivity contribution is -0.131. The number of carboxylic acids is 1. The zero-order chi connectivity index (χ0) is 15.7. The smallest absolute Gasteiger partial charge is 0.328 e. The minimum absolute atomic E-state index is 0.410. The largest absolute Gasteiger partial charge is 0.491 e. The molecule has 0 amide bonds. The fourth-order valence-electron chi connectivity index (χ4n) is 1.57. The van der Waals surface area contributed by atoms with Crippen molar-refractivity contribution in [1.82, 2.24) is 0 Å². The first-order valence-corrected chi connectivity index (χ1v) is 7.28. The number of benzene rings is 1. The molecule has 1 N–H and O–H groups in total. The van der Waals surface area contributed by atoms with E-state index >= 15 is 0 Å². The van der Waals surface area contributed by atoms with Crippen molar-refractivity contribution < 1.29 is 19.4 Å². The van der Waals surface area contributed by atoms with Crippen molar-refractivity contribution in [3.8, 4) is 5.75 Å². The molecule has 0 saturated carbocycles. The van der Waals surface area contributed by atoms with E-state index in [1.54, 1.807) is 18.2 Å². The Hall–Kier alpha value is -1.52. The third-order valence-electron chi connectivity index (χ3n) is 2.70. The summed E-state index contributed by atoms with van der Waals surface area (Å²) in [6, 6.07) is 5.09. The highest BCUT2D eigenvalue weighted by molar-refractivity contribution is 6.30. The van der Waals surface area contributed by atoms with Crippen LogP contribution >= 0.6 is 11.6 Å². The number of ether oxygens (including phenoxy) is 2. The van der Waals surface area contributed by atoms with Gasteiger partial charge >= 0.3 is 5.97 Å². The van der Waals surface area contributed by atoms with Crippen LogP contribution in [0.4, 0.5) is 0 Å². The van der Waals surface area contributed by atoms with Gasteiger partial charge in [0.1, 0.15) is 12.4 Å². The molecule has 0 aromatic heterocycles. The van der Waals surface area contributed by atoms with Crippen LogP contribution in [0.1, 0.15) is 25.8 Å². The summed E-state index contributed by atoms with van der Waals surface area (Å²) in [5.41, 5.74) is 0.632. The second-order valence-electron chi connectivity index (χ2n) is 5.00. The summed E-state index contributed by atoms with van der Waals surface area (Å²) in [6.45, 7) is 5.92. The highest BCUT2D eigenvalue weighted by atomic mass is 35.5. The van der Waals surface area contributed by atoms with Crippen LogP contribution in [0.15, 0.2) is 24.3 Å². The van der Waals surface area contributed by atoms with Gasteiger partial charge in [-0.25, -0.2) is 4.79 Å². The van der Waals surface area contributed by atoms with Crippen LogP contribution < -0.4 is 4.74 Å². The fourth-order valence-corrected chi connectivity index (χ4v) is 1.75. The van der Waals surface area contributed by atoms with E-state index in [2.05, 4.69) is 13.8 Å². The summed E-state index contributed by atoms with van der Waals surface area (Å²) in [5.74, 6) is 0.192. The third kappa shape index (κ3) is 7.73. The Morgan fingerprint density at radius 2 is 2.10 bits per heavy atom. The summed E-state index contributed by atoms with van der Waals surface area (Å²) < 4.78 is 11.1. The second-order valence-corrected chi connectivity index (χ2v) is 5.43. The van der Waals surface area contributed by atoms with Gasteiger partial charge < -0.3 is 14.6 Å². The first-order chi connectivity index (χ1) is 9.99. The molecule has 0 unspecified atom stereocenters. The number of hydrogen-bond donors (Lipinski definition) is 1. The summed E-state index contributed by atoms with van der Waals surface area (Å²) >= 11 is 5.90. The van der Waals surface area contributed by atoms with Gasteiger partial charge in [-0.15, -0.1) is 0 Å². The van der Waals surface area contributed by atoms with Gasteiger partial charge in [0, 0.05) is 23.3 Å². The summed E-state index contributed by atoms with van der Waals surface area (Å²) in [5, 5.41) is 9.20. The Morgan fingerprint density at radius 3 is 2.76 bits per heavy atom. The summed E-state index contributed by atoms with van der Waals surface area (Å²) in [6.07, 6.45) is 3.54. The predicted molar refractivity (Wildman–Crippen MR) is 83.9 cm³/mol. The number of aliphatic carboxylic acids is 1. The van der Waals surface area contributed by atoms with Crippen molar-refractivity contribution in [2.24, 2.45) is 5.92 Å². The molecule has 0 spiro atoms. The van der Waals surface area contributed by atoms with Crippen molar-refractivity contribution in [2.45, 2.75) is 20.3 Å². The highest BCUT2D eigenvalue weighted by Gasteiger charge is 2.03. The zero-order valence-electron chi connectivity index (χ0n) is 12.3. The minimum atomic E-state index is -1.02. The van der Waals surface area contributed by atoms with Crippen LogP contribution in [0.5, 0.6) is 5.75 Å². The molecule has 4 nitrogen and oxygen atoms in total. The molecule has 1 aromatic carbocycles. The molecule has 0 heterocycles. The van der Waals surface area contributed by atoms with E-state index in [0.29, 0.717) is 42.1 Å². The van der Waals surface area contributed by atoms with E-state index in [9.17, 15) is 4.79 Å². The average molecular weight is 313 g/mol. The van der Waals surface area contributed by atoms with E-state index in [4.69, 9.17) is 26.2 Å². The molecular formula is C16H21ClO4. The molecule has 0 atom stereocenters. The predicted octanol–water partition coefficient (Wildman–Crippen LogP) is 3.88. The van der Waals surface area contributed by atoms with Crippen LogP contribution in [0, 0.1) is 5.92 Å².